The van der Waals surface area contributed by atoms with Crippen molar-refractivity contribution in [3.8, 4) is 0 Å². The predicted molar refractivity (Wildman–Crippen MR) is 63.7 cm³/mol. The Balaban J connectivity index is 2.47. The van der Waals surface area contributed by atoms with Gasteiger partial charge in [0.25, 0.3) is 0 Å². The van der Waals surface area contributed by atoms with Crippen molar-refractivity contribution in [1.82, 2.24) is 5.32 Å². The van der Waals surface area contributed by atoms with E-state index in [4.69, 9.17) is 11.6 Å². The van der Waals surface area contributed by atoms with Crippen LogP contribution in [0.15, 0.2) is 24.3 Å². The molecule has 0 spiro atoms. The number of carbonyl (C=O) groups excluding carboxylic acids is 1. The molecule has 0 heterocycles. The molecule has 0 aliphatic rings. The molecule has 1 aromatic rings. The van der Waals surface area contributed by atoms with Gasteiger partial charge in [0, 0.05) is 13.5 Å². The van der Waals surface area contributed by atoms with Gasteiger partial charge in [-0.1, -0.05) is 29.8 Å². The number of amides is 1. The van der Waals surface area contributed by atoms with Crippen molar-refractivity contribution >= 4 is 23.6 Å². The lowest BCUT2D eigenvalue weighted by atomic mass is 10.2. The van der Waals surface area contributed by atoms with Crippen LogP contribution in [-0.4, -0.2) is 12.5 Å². The highest BCUT2D eigenvalue weighted by Gasteiger charge is 1.97. The Bertz CT molecular complexity index is 404. The van der Waals surface area contributed by atoms with Gasteiger partial charge in [0.2, 0.25) is 5.91 Å². The molecule has 0 aromatic heterocycles. The van der Waals surface area contributed by atoms with Crippen molar-refractivity contribution in [3.05, 3.63) is 40.7 Å². The van der Waals surface area contributed by atoms with E-state index in [9.17, 15) is 9.18 Å². The molecule has 1 amide bonds. The van der Waals surface area contributed by atoms with Gasteiger partial charge in [-0.3, -0.25) is 4.79 Å². The fourth-order valence-corrected chi connectivity index (χ4v) is 1.41. The molecule has 0 fully saturated rings. The molecule has 4 heteroatoms. The number of hydrogen-bond acceptors (Lipinski definition) is 1. The van der Waals surface area contributed by atoms with Gasteiger partial charge < -0.3 is 5.32 Å². The van der Waals surface area contributed by atoms with Gasteiger partial charge in [-0.25, -0.2) is 4.39 Å². The van der Waals surface area contributed by atoms with Gasteiger partial charge in [0.15, 0.2) is 0 Å². The fraction of sp³-hybridized carbons (Fsp3) is 0.250. The van der Waals surface area contributed by atoms with Gasteiger partial charge in [-0.05, 0) is 24.1 Å². The first-order valence-electron chi connectivity index (χ1n) is 4.95. The van der Waals surface area contributed by atoms with Gasteiger partial charge >= 0.3 is 0 Å². The third-order valence-corrected chi connectivity index (χ3v) is 2.27. The number of nitrogens with one attached hydrogen (secondary N) is 1. The van der Waals surface area contributed by atoms with Crippen LogP contribution in [-0.2, 0) is 4.79 Å². The maximum absolute atomic E-state index is 12.7. The minimum Gasteiger partial charge on any atom is -0.356 e. The largest absolute Gasteiger partial charge is 0.356 e. The van der Waals surface area contributed by atoms with Crippen molar-refractivity contribution in [2.45, 2.75) is 13.3 Å². The molecule has 0 radical (unpaired) electrons. The molecule has 0 aliphatic carbocycles. The predicted octanol–water partition coefficient (Wildman–Crippen LogP) is 3.02. The van der Waals surface area contributed by atoms with Crippen LogP contribution in [0.5, 0.6) is 0 Å². The Morgan fingerprint density at radius 2 is 2.31 bits per heavy atom. The van der Waals surface area contributed by atoms with Crippen molar-refractivity contribution in [2.24, 2.45) is 0 Å². The van der Waals surface area contributed by atoms with Crippen LogP contribution in [0.3, 0.4) is 0 Å². The van der Waals surface area contributed by atoms with E-state index in [1.807, 2.05) is 12.2 Å². The summed E-state index contributed by atoms with van der Waals surface area (Å²) in [6, 6.07) is 4.25. The summed E-state index contributed by atoms with van der Waals surface area (Å²) in [7, 11) is 0. The Hall–Kier alpha value is -1.35. The van der Waals surface area contributed by atoms with Gasteiger partial charge in [-0.2, -0.15) is 0 Å². The minimum absolute atomic E-state index is 0.0479. The van der Waals surface area contributed by atoms with E-state index in [2.05, 4.69) is 5.32 Å². The number of rotatable bonds is 4. The number of carbonyl (C=O) groups is 1. The first-order chi connectivity index (χ1) is 7.59. The zero-order chi connectivity index (χ0) is 12.0. The van der Waals surface area contributed by atoms with Crippen LogP contribution in [0, 0.1) is 5.82 Å². The monoisotopic (exact) mass is 241 g/mol. The fourth-order valence-electron chi connectivity index (χ4n) is 1.18. The Morgan fingerprint density at radius 1 is 1.56 bits per heavy atom. The number of benzene rings is 1. The lowest BCUT2D eigenvalue weighted by Crippen LogP contribution is -2.20. The van der Waals surface area contributed by atoms with E-state index in [1.165, 1.54) is 19.1 Å². The van der Waals surface area contributed by atoms with E-state index in [0.717, 1.165) is 5.56 Å². The molecule has 1 N–H and O–H groups in total. The van der Waals surface area contributed by atoms with E-state index in [0.29, 0.717) is 18.0 Å². The topological polar surface area (TPSA) is 29.1 Å². The summed E-state index contributed by atoms with van der Waals surface area (Å²) in [6.07, 6.45) is 4.41. The first-order valence-corrected chi connectivity index (χ1v) is 5.33. The Labute approximate surface area is 99.1 Å². The molecule has 0 bridgehead atoms. The van der Waals surface area contributed by atoms with Crippen molar-refractivity contribution in [1.29, 1.82) is 0 Å². The summed E-state index contributed by atoms with van der Waals surface area (Å²) >= 11 is 5.83. The van der Waals surface area contributed by atoms with Crippen LogP contribution in [0.25, 0.3) is 6.08 Å². The standard InChI is InChI=1S/C12H13ClFNO/c1-9(16)15-7-3-2-4-10-5-6-11(14)8-12(10)13/h2,4-6,8H,3,7H2,1H3,(H,15,16). The van der Waals surface area contributed by atoms with Crippen LogP contribution in [0.4, 0.5) is 4.39 Å². The Morgan fingerprint density at radius 3 is 2.94 bits per heavy atom. The molecule has 0 aliphatic heterocycles. The second-order valence-corrected chi connectivity index (χ2v) is 3.75. The molecular weight excluding hydrogens is 229 g/mol. The van der Waals surface area contributed by atoms with E-state index in [1.54, 1.807) is 6.07 Å². The van der Waals surface area contributed by atoms with Crippen molar-refractivity contribution in [2.75, 3.05) is 6.54 Å². The van der Waals surface area contributed by atoms with Crippen LogP contribution in [0.1, 0.15) is 18.9 Å². The normalized spacial score (nSPS) is 10.7. The summed E-state index contributed by atoms with van der Waals surface area (Å²) < 4.78 is 12.7. The average molecular weight is 242 g/mol. The average Bonchev–Trinajstić information content (AvgIpc) is 2.20. The third-order valence-electron chi connectivity index (χ3n) is 1.94. The molecule has 16 heavy (non-hydrogen) atoms. The maximum atomic E-state index is 12.7. The quantitative estimate of drug-likeness (QED) is 0.807. The van der Waals surface area contributed by atoms with Crippen molar-refractivity contribution in [3.63, 3.8) is 0 Å². The van der Waals surface area contributed by atoms with Gasteiger partial charge in [-0.15, -0.1) is 0 Å². The highest BCUT2D eigenvalue weighted by Crippen LogP contribution is 2.18. The molecule has 86 valence electrons. The second-order valence-electron chi connectivity index (χ2n) is 3.34. The smallest absolute Gasteiger partial charge is 0.216 e. The summed E-state index contributed by atoms with van der Waals surface area (Å²) in [6.45, 7) is 2.06. The summed E-state index contributed by atoms with van der Waals surface area (Å²) in [5, 5.41) is 3.06. The lowest BCUT2D eigenvalue weighted by Gasteiger charge is -1.99. The molecule has 0 saturated heterocycles. The molecule has 0 atom stereocenters. The maximum Gasteiger partial charge on any atom is 0.216 e. The van der Waals surface area contributed by atoms with Crippen LogP contribution < -0.4 is 5.32 Å². The lowest BCUT2D eigenvalue weighted by molar-refractivity contribution is -0.118. The van der Waals surface area contributed by atoms with E-state index >= 15 is 0 Å². The molecule has 0 saturated carbocycles. The number of halogens is 2. The first kappa shape index (κ1) is 12.7. The van der Waals surface area contributed by atoms with E-state index < -0.39 is 0 Å². The molecular formula is C12H13ClFNO. The summed E-state index contributed by atoms with van der Waals surface area (Å²) in [5.41, 5.74) is 0.769. The molecule has 2 nitrogen and oxygen atoms in total. The van der Waals surface area contributed by atoms with Crippen LogP contribution in [0.2, 0.25) is 5.02 Å². The highest BCUT2D eigenvalue weighted by molar-refractivity contribution is 6.32. The molecule has 1 aromatic carbocycles. The zero-order valence-corrected chi connectivity index (χ0v) is 9.72. The van der Waals surface area contributed by atoms with E-state index in [-0.39, 0.29) is 11.7 Å². The van der Waals surface area contributed by atoms with Gasteiger partial charge in [0.05, 0.1) is 5.02 Å². The Kier molecular flexibility index (Phi) is 4.99. The minimum atomic E-state index is -0.347. The second kappa shape index (κ2) is 6.28. The molecule has 0 unspecified atom stereocenters. The van der Waals surface area contributed by atoms with Crippen LogP contribution >= 0.6 is 11.6 Å². The SMILES string of the molecule is CC(=O)NCCC=Cc1ccc(F)cc1Cl. The van der Waals surface area contributed by atoms with Crippen molar-refractivity contribution < 1.29 is 9.18 Å². The number of hydrogen-bond donors (Lipinski definition) is 1. The molecule has 1 rings (SSSR count). The third kappa shape index (κ3) is 4.45. The zero-order valence-electron chi connectivity index (χ0n) is 8.97. The summed E-state index contributed by atoms with van der Waals surface area (Å²) in [4.78, 5) is 10.6. The van der Waals surface area contributed by atoms with Gasteiger partial charge in [0.1, 0.15) is 5.82 Å². The highest BCUT2D eigenvalue weighted by atomic mass is 35.5. The summed E-state index contributed by atoms with van der Waals surface area (Å²) in [5.74, 6) is -0.395.